The Morgan fingerprint density at radius 3 is 2.51 bits per heavy atom. The summed E-state index contributed by atoms with van der Waals surface area (Å²) in [4.78, 5) is 14.2. The van der Waals surface area contributed by atoms with E-state index in [0.29, 0.717) is 47.4 Å². The molecule has 4 aromatic heterocycles. The predicted octanol–water partition coefficient (Wildman–Crippen LogP) is 2.84. The maximum absolute atomic E-state index is 6.30. The van der Waals surface area contributed by atoms with Crippen molar-refractivity contribution in [2.75, 3.05) is 63.7 Å². The number of benzene rings is 1. The summed E-state index contributed by atoms with van der Waals surface area (Å²) in [7, 11) is 3.59. The monoisotopic (exact) mass is 549 g/mol. The van der Waals surface area contributed by atoms with Gasteiger partial charge in [0, 0.05) is 59.1 Å². The lowest BCUT2D eigenvalue weighted by molar-refractivity contribution is 0.146. The molecule has 1 fully saturated rings. The summed E-state index contributed by atoms with van der Waals surface area (Å²) in [5.41, 5.74) is 9.60. The minimum Gasteiger partial charge on any atom is -0.491 e. The summed E-state index contributed by atoms with van der Waals surface area (Å²) in [6, 6.07) is 11.9. The third-order valence-corrected chi connectivity index (χ3v) is 7.58. The van der Waals surface area contributed by atoms with Gasteiger partial charge in [0.15, 0.2) is 21.8 Å². The molecule has 0 spiro atoms. The standard InChI is InChI=1S/C26H31N9O3S/c1-31-21-23(29-25(27)35-24(21)28-22(30-35)20-4-3-15-38-20)34(26(31)39)14-11-32-9-12-33(13-10-32)18-5-7-19(8-6-18)37-17-16-36-2/h3-8,15H,9-14,16-17H2,1-2H3,(H2,27,29). The summed E-state index contributed by atoms with van der Waals surface area (Å²) < 4.78 is 22.4. The first-order valence-corrected chi connectivity index (χ1v) is 13.3. The second-order valence-electron chi connectivity index (χ2n) is 9.45. The van der Waals surface area contributed by atoms with Crippen molar-refractivity contribution in [1.82, 2.24) is 33.6 Å². The number of piperazine rings is 1. The van der Waals surface area contributed by atoms with E-state index in [1.165, 1.54) is 10.2 Å². The van der Waals surface area contributed by atoms with Crippen LogP contribution in [0, 0.1) is 4.77 Å². The molecule has 0 radical (unpaired) electrons. The maximum atomic E-state index is 6.30. The Labute approximate surface area is 230 Å². The van der Waals surface area contributed by atoms with Gasteiger partial charge >= 0.3 is 0 Å². The van der Waals surface area contributed by atoms with Crippen LogP contribution in [0.25, 0.3) is 28.4 Å². The number of anilines is 2. The van der Waals surface area contributed by atoms with E-state index in [4.69, 9.17) is 36.8 Å². The Hall–Kier alpha value is -3.94. The summed E-state index contributed by atoms with van der Waals surface area (Å²) in [5.74, 6) is 2.13. The zero-order chi connectivity index (χ0) is 26.9. The van der Waals surface area contributed by atoms with Crippen molar-refractivity contribution in [2.24, 2.45) is 7.05 Å². The summed E-state index contributed by atoms with van der Waals surface area (Å²) in [6.07, 6.45) is 1.59. The molecule has 13 heteroatoms. The van der Waals surface area contributed by atoms with Gasteiger partial charge < -0.3 is 29.1 Å². The molecule has 12 nitrogen and oxygen atoms in total. The molecule has 1 aliphatic heterocycles. The molecule has 0 aliphatic carbocycles. The third kappa shape index (κ3) is 4.84. The number of nitrogen functional groups attached to an aromatic ring is 1. The Bertz CT molecular complexity index is 1630. The molecule has 39 heavy (non-hydrogen) atoms. The number of fused-ring (bicyclic) bond motifs is 3. The number of furan rings is 1. The minimum atomic E-state index is 0.251. The van der Waals surface area contributed by atoms with Crippen LogP contribution in [-0.2, 0) is 18.3 Å². The maximum Gasteiger partial charge on any atom is 0.225 e. The van der Waals surface area contributed by atoms with Crippen LogP contribution in [0.1, 0.15) is 0 Å². The van der Waals surface area contributed by atoms with Crippen molar-refractivity contribution in [2.45, 2.75) is 6.54 Å². The zero-order valence-electron chi connectivity index (χ0n) is 22.0. The van der Waals surface area contributed by atoms with E-state index >= 15 is 0 Å². The molecule has 0 bridgehead atoms. The van der Waals surface area contributed by atoms with E-state index in [2.05, 4.69) is 32.0 Å². The number of aryl methyl sites for hydroxylation is 1. The van der Waals surface area contributed by atoms with Crippen LogP contribution in [-0.4, -0.2) is 86.7 Å². The Balaban J connectivity index is 1.14. The molecular formula is C26H31N9O3S. The van der Waals surface area contributed by atoms with E-state index in [1.54, 1.807) is 19.4 Å². The summed E-state index contributed by atoms with van der Waals surface area (Å²) >= 11 is 5.81. The van der Waals surface area contributed by atoms with Crippen LogP contribution in [0.2, 0.25) is 0 Å². The quantitative estimate of drug-likeness (QED) is 0.217. The van der Waals surface area contributed by atoms with Gasteiger partial charge in [0.25, 0.3) is 0 Å². The highest BCUT2D eigenvalue weighted by molar-refractivity contribution is 7.71. The third-order valence-electron chi connectivity index (χ3n) is 7.09. The highest BCUT2D eigenvalue weighted by Crippen LogP contribution is 2.25. The highest BCUT2D eigenvalue weighted by Gasteiger charge is 2.22. The Morgan fingerprint density at radius 2 is 1.79 bits per heavy atom. The largest absolute Gasteiger partial charge is 0.491 e. The highest BCUT2D eigenvalue weighted by atomic mass is 32.1. The smallest absolute Gasteiger partial charge is 0.225 e. The molecule has 204 valence electrons. The molecule has 0 amide bonds. The first-order chi connectivity index (χ1) is 19.0. The number of ether oxygens (including phenoxy) is 2. The van der Waals surface area contributed by atoms with E-state index in [0.717, 1.165) is 44.0 Å². The number of rotatable bonds is 9. The molecule has 1 aromatic carbocycles. The van der Waals surface area contributed by atoms with E-state index in [9.17, 15) is 0 Å². The summed E-state index contributed by atoms with van der Waals surface area (Å²) in [6.45, 7) is 6.50. The van der Waals surface area contributed by atoms with Gasteiger partial charge in [-0.15, -0.1) is 5.10 Å². The van der Waals surface area contributed by atoms with Crippen molar-refractivity contribution in [1.29, 1.82) is 0 Å². The van der Waals surface area contributed by atoms with Crippen LogP contribution in [0.15, 0.2) is 47.1 Å². The molecule has 5 aromatic rings. The van der Waals surface area contributed by atoms with Crippen LogP contribution in [0.4, 0.5) is 11.6 Å². The van der Waals surface area contributed by atoms with Gasteiger partial charge in [-0.3, -0.25) is 9.47 Å². The molecular weight excluding hydrogens is 518 g/mol. The first kappa shape index (κ1) is 25.3. The SMILES string of the molecule is COCCOc1ccc(N2CCN(CCn3c(=S)n(C)c4c3nc(N)n3nc(-c5ccco5)nc43)CC2)cc1. The van der Waals surface area contributed by atoms with Crippen LogP contribution in [0.5, 0.6) is 5.75 Å². The van der Waals surface area contributed by atoms with Gasteiger partial charge in [-0.1, -0.05) is 0 Å². The molecule has 6 rings (SSSR count). The number of nitrogens with two attached hydrogens (primary N) is 1. The summed E-state index contributed by atoms with van der Waals surface area (Å²) in [5, 5.41) is 4.50. The van der Waals surface area contributed by atoms with Gasteiger partial charge in [-0.2, -0.15) is 9.50 Å². The van der Waals surface area contributed by atoms with Crippen molar-refractivity contribution in [3.63, 3.8) is 0 Å². The van der Waals surface area contributed by atoms with Crippen molar-refractivity contribution in [3.8, 4) is 17.3 Å². The Morgan fingerprint density at radius 1 is 1.00 bits per heavy atom. The lowest BCUT2D eigenvalue weighted by atomic mass is 10.2. The van der Waals surface area contributed by atoms with Crippen molar-refractivity contribution in [3.05, 3.63) is 47.4 Å². The predicted molar refractivity (Wildman–Crippen MR) is 151 cm³/mol. The van der Waals surface area contributed by atoms with Crippen LogP contribution < -0.4 is 15.4 Å². The fourth-order valence-corrected chi connectivity index (χ4v) is 5.24. The number of hydrogen-bond acceptors (Lipinski definition) is 10. The average Bonchev–Trinajstić information content (AvgIpc) is 3.69. The van der Waals surface area contributed by atoms with Gasteiger partial charge in [0.1, 0.15) is 17.9 Å². The lowest BCUT2D eigenvalue weighted by Crippen LogP contribution is -2.47. The van der Waals surface area contributed by atoms with Gasteiger partial charge in [0.05, 0.1) is 12.9 Å². The Kier molecular flexibility index (Phi) is 6.94. The van der Waals surface area contributed by atoms with E-state index < -0.39 is 0 Å². The first-order valence-electron chi connectivity index (χ1n) is 12.9. The molecule has 2 N–H and O–H groups in total. The van der Waals surface area contributed by atoms with Gasteiger partial charge in [-0.05, 0) is 48.6 Å². The topological polar surface area (TPSA) is 117 Å². The molecule has 1 saturated heterocycles. The fraction of sp³-hybridized carbons (Fsp3) is 0.385. The second-order valence-corrected chi connectivity index (χ2v) is 9.81. The van der Waals surface area contributed by atoms with E-state index in [-0.39, 0.29) is 5.95 Å². The van der Waals surface area contributed by atoms with Gasteiger partial charge in [-0.25, -0.2) is 4.98 Å². The number of nitrogens with zero attached hydrogens (tertiary/aromatic N) is 8. The minimum absolute atomic E-state index is 0.251. The van der Waals surface area contributed by atoms with Crippen molar-refractivity contribution < 1.29 is 13.9 Å². The molecule has 5 heterocycles. The molecule has 1 aliphatic rings. The second kappa shape index (κ2) is 10.7. The van der Waals surface area contributed by atoms with Gasteiger partial charge in [0.2, 0.25) is 11.8 Å². The van der Waals surface area contributed by atoms with Crippen LogP contribution >= 0.6 is 12.2 Å². The zero-order valence-corrected chi connectivity index (χ0v) is 22.8. The number of hydrogen-bond donors (Lipinski definition) is 1. The number of imidazole rings is 1. The fourth-order valence-electron chi connectivity index (χ4n) is 4.97. The van der Waals surface area contributed by atoms with Crippen LogP contribution in [0.3, 0.4) is 0 Å². The number of methoxy groups -OCH3 is 1. The molecule has 0 atom stereocenters. The average molecular weight is 550 g/mol. The van der Waals surface area contributed by atoms with E-state index in [1.807, 2.05) is 34.4 Å². The molecule has 0 unspecified atom stereocenters. The molecule has 0 saturated carbocycles. The lowest BCUT2D eigenvalue weighted by Gasteiger charge is -2.36. The number of aromatic nitrogens is 6. The van der Waals surface area contributed by atoms with Crippen molar-refractivity contribution >= 4 is 40.7 Å². The normalized spacial score (nSPS) is 14.6.